The molecule has 1 aromatic carbocycles. The number of nitrogens with one attached hydrogen (secondary N) is 1. The Morgan fingerprint density at radius 3 is 2.35 bits per heavy atom. The third-order valence-corrected chi connectivity index (χ3v) is 4.43. The first kappa shape index (κ1) is 14.9. The van der Waals surface area contributed by atoms with Gasteiger partial charge in [0, 0.05) is 25.8 Å². The summed E-state index contributed by atoms with van der Waals surface area (Å²) in [7, 11) is 1.86. The Morgan fingerprint density at radius 2 is 1.80 bits per heavy atom. The van der Waals surface area contributed by atoms with Crippen molar-refractivity contribution < 1.29 is 4.79 Å². The summed E-state index contributed by atoms with van der Waals surface area (Å²) in [5.41, 5.74) is 2.04. The molecule has 20 heavy (non-hydrogen) atoms. The van der Waals surface area contributed by atoms with E-state index in [1.165, 1.54) is 0 Å². The molecule has 0 radical (unpaired) electrons. The van der Waals surface area contributed by atoms with Crippen molar-refractivity contribution in [1.82, 2.24) is 4.90 Å². The molecule has 1 aliphatic heterocycles. The number of piperidine rings is 1. The highest BCUT2D eigenvalue weighted by molar-refractivity contribution is 5.99. The Balaban J connectivity index is 2.05. The summed E-state index contributed by atoms with van der Waals surface area (Å²) in [6, 6.07) is 7.74. The maximum atomic E-state index is 12.6. The second-order valence-electron chi connectivity index (χ2n) is 6.73. The van der Waals surface area contributed by atoms with Crippen LogP contribution in [-0.2, 0) is 0 Å². The van der Waals surface area contributed by atoms with E-state index in [9.17, 15) is 4.79 Å². The number of carbonyl (C=O) groups is 1. The van der Waals surface area contributed by atoms with Crippen LogP contribution in [0.3, 0.4) is 0 Å². The van der Waals surface area contributed by atoms with Gasteiger partial charge >= 0.3 is 0 Å². The summed E-state index contributed by atoms with van der Waals surface area (Å²) < 4.78 is 0. The van der Waals surface area contributed by atoms with Gasteiger partial charge in [-0.2, -0.15) is 0 Å². The predicted octanol–water partition coefficient (Wildman–Crippen LogP) is 3.63. The molecule has 0 aliphatic carbocycles. The average molecular weight is 274 g/mol. The van der Waals surface area contributed by atoms with Crippen LogP contribution < -0.4 is 5.32 Å². The number of para-hydroxylation sites is 1. The fraction of sp³-hybridized carbons (Fsp3) is 0.588. The van der Waals surface area contributed by atoms with Crippen molar-refractivity contribution in [2.45, 2.75) is 33.6 Å². The standard InChI is InChI=1S/C17H26N2O/c1-17(2,3)13-9-11-19(12-10-13)16(20)14-7-5-6-8-15(14)18-4/h5-8,13,18H,9-12H2,1-4H3. The smallest absolute Gasteiger partial charge is 0.255 e. The van der Waals surface area contributed by atoms with Crippen LogP contribution in [0.15, 0.2) is 24.3 Å². The summed E-state index contributed by atoms with van der Waals surface area (Å²) in [4.78, 5) is 14.6. The molecular formula is C17H26N2O. The van der Waals surface area contributed by atoms with Crippen molar-refractivity contribution in [1.29, 1.82) is 0 Å². The number of hydrogen-bond acceptors (Lipinski definition) is 2. The quantitative estimate of drug-likeness (QED) is 0.893. The molecule has 2 rings (SSSR count). The number of nitrogens with zero attached hydrogens (tertiary/aromatic N) is 1. The van der Waals surface area contributed by atoms with E-state index < -0.39 is 0 Å². The first-order valence-electron chi connectivity index (χ1n) is 7.49. The lowest BCUT2D eigenvalue weighted by Gasteiger charge is -2.39. The molecule has 1 amide bonds. The molecule has 1 N–H and O–H groups in total. The summed E-state index contributed by atoms with van der Waals surface area (Å²) >= 11 is 0. The van der Waals surface area contributed by atoms with Crippen LogP contribution in [0.25, 0.3) is 0 Å². The van der Waals surface area contributed by atoms with Gasteiger partial charge in [-0.25, -0.2) is 0 Å². The Kier molecular flexibility index (Phi) is 4.36. The molecule has 1 aromatic rings. The molecule has 3 nitrogen and oxygen atoms in total. The molecule has 0 spiro atoms. The zero-order valence-electron chi connectivity index (χ0n) is 13.1. The molecule has 3 heteroatoms. The first-order chi connectivity index (χ1) is 9.43. The van der Waals surface area contributed by atoms with Crippen LogP contribution in [-0.4, -0.2) is 30.9 Å². The van der Waals surface area contributed by atoms with Gasteiger partial charge in [0.2, 0.25) is 0 Å². The highest BCUT2D eigenvalue weighted by Gasteiger charge is 2.31. The van der Waals surface area contributed by atoms with E-state index in [1.807, 2.05) is 36.2 Å². The SMILES string of the molecule is CNc1ccccc1C(=O)N1CCC(C(C)(C)C)CC1. The van der Waals surface area contributed by atoms with E-state index in [4.69, 9.17) is 0 Å². The summed E-state index contributed by atoms with van der Waals surface area (Å²) in [5.74, 6) is 0.869. The van der Waals surface area contributed by atoms with Gasteiger partial charge in [0.1, 0.15) is 0 Å². The van der Waals surface area contributed by atoms with Crippen LogP contribution in [0.4, 0.5) is 5.69 Å². The van der Waals surface area contributed by atoms with Crippen LogP contribution >= 0.6 is 0 Å². The van der Waals surface area contributed by atoms with Crippen molar-refractivity contribution >= 4 is 11.6 Å². The zero-order chi connectivity index (χ0) is 14.8. The maximum Gasteiger partial charge on any atom is 0.255 e. The number of anilines is 1. The lowest BCUT2D eigenvalue weighted by molar-refractivity contribution is 0.0609. The molecule has 0 atom stereocenters. The van der Waals surface area contributed by atoms with Gasteiger partial charge < -0.3 is 10.2 Å². The predicted molar refractivity (Wildman–Crippen MR) is 84.1 cm³/mol. The summed E-state index contributed by atoms with van der Waals surface area (Å²) in [6.45, 7) is 8.64. The Morgan fingerprint density at radius 1 is 1.20 bits per heavy atom. The number of likely N-dealkylation sites (tertiary alicyclic amines) is 1. The largest absolute Gasteiger partial charge is 0.387 e. The van der Waals surface area contributed by atoms with Gasteiger partial charge in [0.15, 0.2) is 0 Å². The highest BCUT2D eigenvalue weighted by atomic mass is 16.2. The van der Waals surface area contributed by atoms with E-state index >= 15 is 0 Å². The van der Waals surface area contributed by atoms with Gasteiger partial charge in [-0.1, -0.05) is 32.9 Å². The first-order valence-corrected chi connectivity index (χ1v) is 7.49. The van der Waals surface area contributed by atoms with Gasteiger partial charge in [-0.3, -0.25) is 4.79 Å². The van der Waals surface area contributed by atoms with E-state index in [1.54, 1.807) is 0 Å². The second-order valence-corrected chi connectivity index (χ2v) is 6.73. The maximum absolute atomic E-state index is 12.6. The fourth-order valence-electron chi connectivity index (χ4n) is 3.01. The Labute approximate surface area is 122 Å². The third-order valence-electron chi connectivity index (χ3n) is 4.43. The molecule has 1 saturated heterocycles. The Bertz CT molecular complexity index is 468. The van der Waals surface area contributed by atoms with E-state index in [2.05, 4.69) is 26.1 Å². The highest BCUT2D eigenvalue weighted by Crippen LogP contribution is 2.34. The molecule has 0 aromatic heterocycles. The van der Waals surface area contributed by atoms with Crippen LogP contribution in [0, 0.1) is 11.3 Å². The molecule has 1 heterocycles. The minimum atomic E-state index is 0.155. The number of hydrogen-bond donors (Lipinski definition) is 1. The topological polar surface area (TPSA) is 32.3 Å². The monoisotopic (exact) mass is 274 g/mol. The van der Waals surface area contributed by atoms with Crippen molar-refractivity contribution in [2.24, 2.45) is 11.3 Å². The average Bonchev–Trinajstić information content (AvgIpc) is 2.45. The van der Waals surface area contributed by atoms with E-state index in [0.717, 1.165) is 37.2 Å². The molecule has 1 fully saturated rings. The minimum Gasteiger partial charge on any atom is -0.387 e. The second kappa shape index (κ2) is 5.86. The molecule has 110 valence electrons. The van der Waals surface area contributed by atoms with Gasteiger partial charge in [0.05, 0.1) is 5.56 Å². The van der Waals surface area contributed by atoms with E-state index in [-0.39, 0.29) is 5.91 Å². The molecule has 0 bridgehead atoms. The number of carbonyl (C=O) groups excluding carboxylic acids is 1. The molecular weight excluding hydrogens is 248 g/mol. The van der Waals surface area contributed by atoms with Crippen LogP contribution in [0.1, 0.15) is 44.0 Å². The molecule has 0 saturated carbocycles. The fourth-order valence-corrected chi connectivity index (χ4v) is 3.01. The van der Waals surface area contributed by atoms with Gasteiger partial charge in [-0.15, -0.1) is 0 Å². The Hall–Kier alpha value is -1.51. The molecule has 1 aliphatic rings. The summed E-state index contributed by atoms with van der Waals surface area (Å²) in [6.07, 6.45) is 2.22. The van der Waals surface area contributed by atoms with Crippen molar-refractivity contribution in [3.63, 3.8) is 0 Å². The summed E-state index contributed by atoms with van der Waals surface area (Å²) in [5, 5.41) is 3.10. The number of benzene rings is 1. The van der Waals surface area contributed by atoms with Crippen LogP contribution in [0.2, 0.25) is 0 Å². The molecule has 0 unspecified atom stereocenters. The van der Waals surface area contributed by atoms with Crippen molar-refractivity contribution in [3.05, 3.63) is 29.8 Å². The van der Waals surface area contributed by atoms with Gasteiger partial charge in [-0.05, 0) is 36.3 Å². The van der Waals surface area contributed by atoms with Gasteiger partial charge in [0.25, 0.3) is 5.91 Å². The zero-order valence-corrected chi connectivity index (χ0v) is 13.1. The minimum absolute atomic E-state index is 0.155. The number of amides is 1. The lowest BCUT2D eigenvalue weighted by atomic mass is 9.75. The van der Waals surface area contributed by atoms with E-state index in [0.29, 0.717) is 11.3 Å². The normalized spacial score (nSPS) is 17.1. The third kappa shape index (κ3) is 3.14. The lowest BCUT2D eigenvalue weighted by Crippen LogP contribution is -2.41. The van der Waals surface area contributed by atoms with Crippen LogP contribution in [0.5, 0.6) is 0 Å². The van der Waals surface area contributed by atoms with Crippen molar-refractivity contribution in [2.75, 3.05) is 25.5 Å². The number of rotatable bonds is 2. The van der Waals surface area contributed by atoms with Crippen molar-refractivity contribution in [3.8, 4) is 0 Å².